The number of hydrogen-bond donors (Lipinski definition) is 1. The van der Waals surface area contributed by atoms with Crippen molar-refractivity contribution in [3.8, 4) is 12.1 Å². The third-order valence-corrected chi connectivity index (χ3v) is 5.56. The SMILES string of the molecule is CCCC(C)(NS(=O)(=O)c1ccc(C#N)c(C#N)c1)C(C)C. The average molecular weight is 319 g/mol. The molecule has 0 aliphatic heterocycles. The van der Waals surface area contributed by atoms with Gasteiger partial charge in [0.25, 0.3) is 0 Å². The topological polar surface area (TPSA) is 93.8 Å². The molecule has 118 valence electrons. The fraction of sp³-hybridized carbons (Fsp3) is 0.500. The number of nitrogens with zero attached hydrogens (tertiary/aromatic N) is 2. The summed E-state index contributed by atoms with van der Waals surface area (Å²) in [6, 6.07) is 7.69. The highest BCUT2D eigenvalue weighted by Gasteiger charge is 2.33. The van der Waals surface area contributed by atoms with Crippen molar-refractivity contribution in [1.29, 1.82) is 10.5 Å². The van der Waals surface area contributed by atoms with Crippen molar-refractivity contribution in [2.45, 2.75) is 51.0 Å². The fourth-order valence-electron chi connectivity index (χ4n) is 2.22. The summed E-state index contributed by atoms with van der Waals surface area (Å²) in [5, 5.41) is 17.9. The average Bonchev–Trinajstić information content (AvgIpc) is 2.45. The molecule has 0 aliphatic carbocycles. The van der Waals surface area contributed by atoms with Crippen LogP contribution in [0.25, 0.3) is 0 Å². The van der Waals surface area contributed by atoms with Gasteiger partial charge in [-0.1, -0.05) is 27.2 Å². The third kappa shape index (κ3) is 3.85. The summed E-state index contributed by atoms with van der Waals surface area (Å²) in [5.41, 5.74) is -0.331. The highest BCUT2D eigenvalue weighted by Crippen LogP contribution is 2.26. The lowest BCUT2D eigenvalue weighted by atomic mass is 9.85. The fourth-order valence-corrected chi connectivity index (χ4v) is 3.81. The van der Waals surface area contributed by atoms with Gasteiger partial charge in [0.1, 0.15) is 12.1 Å². The van der Waals surface area contributed by atoms with E-state index in [1.165, 1.54) is 18.2 Å². The van der Waals surface area contributed by atoms with Crippen LogP contribution in [0.5, 0.6) is 0 Å². The van der Waals surface area contributed by atoms with E-state index in [-0.39, 0.29) is 21.9 Å². The number of benzene rings is 1. The van der Waals surface area contributed by atoms with Crippen molar-refractivity contribution >= 4 is 10.0 Å². The quantitative estimate of drug-likeness (QED) is 0.872. The smallest absolute Gasteiger partial charge is 0.207 e. The maximum atomic E-state index is 12.6. The zero-order valence-corrected chi connectivity index (χ0v) is 14.2. The predicted molar refractivity (Wildman–Crippen MR) is 84.3 cm³/mol. The lowest BCUT2D eigenvalue weighted by Gasteiger charge is -2.34. The first-order valence-electron chi connectivity index (χ1n) is 7.18. The molecule has 1 aromatic rings. The van der Waals surface area contributed by atoms with Crippen molar-refractivity contribution in [2.24, 2.45) is 5.92 Å². The monoisotopic (exact) mass is 319 g/mol. The first-order chi connectivity index (χ1) is 10.2. The van der Waals surface area contributed by atoms with Gasteiger partial charge in [0.15, 0.2) is 0 Å². The molecule has 22 heavy (non-hydrogen) atoms. The molecule has 0 saturated carbocycles. The maximum Gasteiger partial charge on any atom is 0.241 e. The number of sulfonamides is 1. The van der Waals surface area contributed by atoms with E-state index in [9.17, 15) is 8.42 Å². The van der Waals surface area contributed by atoms with Crippen molar-refractivity contribution < 1.29 is 8.42 Å². The Labute approximate surface area is 132 Å². The van der Waals surface area contributed by atoms with Gasteiger partial charge < -0.3 is 0 Å². The largest absolute Gasteiger partial charge is 0.241 e. The Bertz CT molecular complexity index is 727. The number of rotatable bonds is 6. The first kappa shape index (κ1) is 18.2. The summed E-state index contributed by atoms with van der Waals surface area (Å²) in [6.07, 6.45) is 1.57. The minimum absolute atomic E-state index is 0.00558. The van der Waals surface area contributed by atoms with Crippen LogP contribution in [-0.4, -0.2) is 14.0 Å². The Morgan fingerprint density at radius 2 is 1.82 bits per heavy atom. The van der Waals surface area contributed by atoms with Gasteiger partial charge in [-0.05, 0) is 37.5 Å². The van der Waals surface area contributed by atoms with Gasteiger partial charge in [0.05, 0.1) is 16.0 Å². The van der Waals surface area contributed by atoms with Crippen LogP contribution >= 0.6 is 0 Å². The van der Waals surface area contributed by atoms with E-state index in [4.69, 9.17) is 10.5 Å². The molecule has 0 aromatic heterocycles. The maximum absolute atomic E-state index is 12.6. The van der Waals surface area contributed by atoms with Crippen LogP contribution in [0, 0.1) is 28.6 Å². The Morgan fingerprint density at radius 3 is 2.27 bits per heavy atom. The van der Waals surface area contributed by atoms with E-state index in [2.05, 4.69) is 4.72 Å². The molecule has 1 rings (SSSR count). The van der Waals surface area contributed by atoms with Gasteiger partial charge in [-0.25, -0.2) is 13.1 Å². The van der Waals surface area contributed by atoms with Crippen molar-refractivity contribution in [2.75, 3.05) is 0 Å². The molecule has 1 atom stereocenters. The number of hydrogen-bond acceptors (Lipinski definition) is 4. The van der Waals surface area contributed by atoms with Crippen LogP contribution < -0.4 is 4.72 Å². The Kier molecular flexibility index (Phi) is 5.71. The van der Waals surface area contributed by atoms with Crippen molar-refractivity contribution in [3.63, 3.8) is 0 Å². The molecule has 5 nitrogen and oxygen atoms in total. The van der Waals surface area contributed by atoms with E-state index < -0.39 is 15.6 Å². The van der Waals surface area contributed by atoms with E-state index >= 15 is 0 Å². The molecule has 0 spiro atoms. The van der Waals surface area contributed by atoms with Gasteiger partial charge in [0.2, 0.25) is 10.0 Å². The second-order valence-electron chi connectivity index (χ2n) is 5.86. The normalized spacial score (nSPS) is 14.1. The van der Waals surface area contributed by atoms with Crippen molar-refractivity contribution in [1.82, 2.24) is 4.72 Å². The highest BCUT2D eigenvalue weighted by molar-refractivity contribution is 7.89. The van der Waals surface area contributed by atoms with Gasteiger partial charge in [-0.15, -0.1) is 0 Å². The van der Waals surface area contributed by atoms with Crippen LogP contribution in [-0.2, 0) is 10.0 Å². The van der Waals surface area contributed by atoms with Gasteiger partial charge in [-0.3, -0.25) is 0 Å². The van der Waals surface area contributed by atoms with Crippen LogP contribution in [0.2, 0.25) is 0 Å². The van der Waals surface area contributed by atoms with Crippen LogP contribution in [0.15, 0.2) is 23.1 Å². The summed E-state index contributed by atoms with van der Waals surface area (Å²) >= 11 is 0. The second kappa shape index (κ2) is 6.91. The van der Waals surface area contributed by atoms with E-state index in [1.807, 2.05) is 39.8 Å². The molecule has 0 aliphatic rings. The zero-order valence-electron chi connectivity index (χ0n) is 13.3. The van der Waals surface area contributed by atoms with Crippen molar-refractivity contribution in [3.05, 3.63) is 29.3 Å². The molecule has 0 saturated heterocycles. The van der Waals surface area contributed by atoms with Gasteiger partial charge >= 0.3 is 0 Å². The Balaban J connectivity index is 3.26. The lowest BCUT2D eigenvalue weighted by molar-refractivity contribution is 0.282. The van der Waals surface area contributed by atoms with E-state index in [1.54, 1.807) is 0 Å². The Hall–Kier alpha value is -1.89. The molecule has 1 N–H and O–H groups in total. The highest BCUT2D eigenvalue weighted by atomic mass is 32.2. The molecule has 0 fully saturated rings. The molecule has 1 aromatic carbocycles. The second-order valence-corrected chi connectivity index (χ2v) is 7.54. The summed E-state index contributed by atoms with van der Waals surface area (Å²) in [6.45, 7) is 7.83. The first-order valence-corrected chi connectivity index (χ1v) is 8.66. The molecule has 1 unspecified atom stereocenters. The Morgan fingerprint density at radius 1 is 1.23 bits per heavy atom. The molecule has 6 heteroatoms. The van der Waals surface area contributed by atoms with Gasteiger partial charge in [0, 0.05) is 5.54 Å². The lowest BCUT2D eigenvalue weighted by Crippen LogP contribution is -2.49. The van der Waals surface area contributed by atoms with E-state index in [0.29, 0.717) is 6.42 Å². The molecular formula is C16H21N3O2S. The summed E-state index contributed by atoms with van der Waals surface area (Å²) in [5.74, 6) is 0.121. The predicted octanol–water partition coefficient (Wildman–Crippen LogP) is 2.92. The zero-order chi connectivity index (χ0) is 17.0. The van der Waals surface area contributed by atoms with E-state index in [0.717, 1.165) is 6.42 Å². The number of nitriles is 2. The molecule has 0 heterocycles. The van der Waals surface area contributed by atoms with Gasteiger partial charge in [-0.2, -0.15) is 10.5 Å². The summed E-state index contributed by atoms with van der Waals surface area (Å²) in [7, 11) is -3.75. The van der Waals surface area contributed by atoms with Crippen LogP contribution in [0.3, 0.4) is 0 Å². The number of nitrogens with one attached hydrogen (secondary N) is 1. The molecule has 0 bridgehead atoms. The molecule has 0 radical (unpaired) electrons. The minimum atomic E-state index is -3.75. The molecular weight excluding hydrogens is 298 g/mol. The van der Waals surface area contributed by atoms with Crippen LogP contribution in [0.4, 0.5) is 0 Å². The minimum Gasteiger partial charge on any atom is -0.207 e. The van der Waals surface area contributed by atoms with Crippen LogP contribution in [0.1, 0.15) is 51.7 Å². The molecule has 0 amide bonds. The third-order valence-electron chi connectivity index (χ3n) is 3.95. The standard InChI is InChI=1S/C16H21N3O2S/c1-5-8-16(4,12(2)3)19-22(20,21)15-7-6-13(10-17)14(9-15)11-18/h6-7,9,12,19H,5,8H2,1-4H3. The summed E-state index contributed by atoms with van der Waals surface area (Å²) < 4.78 is 27.9. The summed E-state index contributed by atoms with van der Waals surface area (Å²) in [4.78, 5) is 0.00558.